The molecule has 1 aromatic rings. The first kappa shape index (κ1) is 13.4. The molecule has 0 aliphatic heterocycles. The van der Waals surface area contributed by atoms with E-state index in [1.807, 2.05) is 12.1 Å². The van der Waals surface area contributed by atoms with Crippen molar-refractivity contribution in [2.45, 2.75) is 32.2 Å². The summed E-state index contributed by atoms with van der Waals surface area (Å²) in [4.78, 5) is 0. The molecule has 1 aromatic carbocycles. The van der Waals surface area contributed by atoms with E-state index in [9.17, 15) is 0 Å². The lowest BCUT2D eigenvalue weighted by molar-refractivity contribution is 0.303. The Labute approximate surface area is 104 Å². The first-order chi connectivity index (χ1) is 7.76. The molecule has 0 aromatic heterocycles. The van der Waals surface area contributed by atoms with Gasteiger partial charge in [0.05, 0.1) is 6.61 Å². The summed E-state index contributed by atoms with van der Waals surface area (Å²) in [5, 5.41) is 0. The fourth-order valence-corrected chi connectivity index (χ4v) is 1.66. The molecule has 16 heavy (non-hydrogen) atoms. The Hall–Kier alpha value is -0.670. The molecule has 2 N–H and O–H groups in total. The summed E-state index contributed by atoms with van der Waals surface area (Å²) < 4.78 is 5.66. The Bertz CT molecular complexity index is 304. The Morgan fingerprint density at radius 2 is 2.25 bits per heavy atom. The van der Waals surface area contributed by atoms with Crippen molar-refractivity contribution in [3.05, 3.63) is 29.8 Å². The molecule has 0 unspecified atom stereocenters. The highest BCUT2D eigenvalue weighted by molar-refractivity contribution is 7.80. The Morgan fingerprint density at radius 1 is 1.44 bits per heavy atom. The molecular weight excluding hydrogens is 218 g/mol. The van der Waals surface area contributed by atoms with Crippen molar-refractivity contribution in [3.8, 4) is 5.75 Å². The number of aryl methyl sites for hydroxylation is 1. The van der Waals surface area contributed by atoms with Crippen molar-refractivity contribution in [2.24, 2.45) is 5.73 Å². The zero-order chi connectivity index (χ0) is 11.8. The molecule has 0 saturated heterocycles. The molecule has 3 heteroatoms. The van der Waals surface area contributed by atoms with Crippen LogP contribution in [0.2, 0.25) is 0 Å². The first-order valence-electron chi connectivity index (χ1n) is 5.84. The Morgan fingerprint density at radius 3 is 2.94 bits per heavy atom. The van der Waals surface area contributed by atoms with Crippen molar-refractivity contribution in [3.63, 3.8) is 0 Å². The molecule has 90 valence electrons. The summed E-state index contributed by atoms with van der Waals surface area (Å²) in [5.41, 5.74) is 7.08. The third kappa shape index (κ3) is 4.90. The molecule has 0 fully saturated rings. The van der Waals surface area contributed by atoms with Crippen LogP contribution in [0, 0.1) is 0 Å². The molecule has 0 amide bonds. The summed E-state index contributed by atoms with van der Waals surface area (Å²) in [7, 11) is 0. The molecule has 0 aliphatic carbocycles. The largest absolute Gasteiger partial charge is 0.494 e. The summed E-state index contributed by atoms with van der Waals surface area (Å²) in [6.07, 6.45) is 3.00. The van der Waals surface area contributed by atoms with Gasteiger partial charge in [0.15, 0.2) is 0 Å². The van der Waals surface area contributed by atoms with Gasteiger partial charge in [0.1, 0.15) is 5.75 Å². The number of hydrogen-bond donors (Lipinski definition) is 2. The minimum Gasteiger partial charge on any atom is -0.494 e. The molecule has 0 bridgehead atoms. The minimum absolute atomic E-state index is 0.189. The zero-order valence-corrected chi connectivity index (χ0v) is 10.7. The lowest BCUT2D eigenvalue weighted by Gasteiger charge is -2.10. The summed E-state index contributed by atoms with van der Waals surface area (Å²) in [6, 6.07) is 8.43. The quantitative estimate of drug-likeness (QED) is 0.567. The monoisotopic (exact) mass is 239 g/mol. The van der Waals surface area contributed by atoms with Crippen molar-refractivity contribution in [2.75, 3.05) is 12.4 Å². The van der Waals surface area contributed by atoms with Gasteiger partial charge in [-0.3, -0.25) is 0 Å². The maximum atomic E-state index is 5.77. The lowest BCUT2D eigenvalue weighted by atomic mass is 10.1. The van der Waals surface area contributed by atoms with Crippen LogP contribution in [-0.2, 0) is 6.42 Å². The highest BCUT2D eigenvalue weighted by Crippen LogP contribution is 2.14. The van der Waals surface area contributed by atoms with E-state index in [1.165, 1.54) is 5.56 Å². The fourth-order valence-electron chi connectivity index (χ4n) is 1.48. The van der Waals surface area contributed by atoms with Crippen LogP contribution in [0.1, 0.15) is 25.3 Å². The second kappa shape index (κ2) is 7.58. The van der Waals surface area contributed by atoms with E-state index in [-0.39, 0.29) is 6.04 Å². The number of rotatable bonds is 7. The lowest BCUT2D eigenvalue weighted by Crippen LogP contribution is -2.22. The van der Waals surface area contributed by atoms with E-state index >= 15 is 0 Å². The van der Waals surface area contributed by atoms with Crippen molar-refractivity contribution >= 4 is 12.6 Å². The number of nitrogens with two attached hydrogens (primary N) is 1. The van der Waals surface area contributed by atoms with Crippen LogP contribution >= 0.6 is 12.6 Å². The number of hydrogen-bond acceptors (Lipinski definition) is 3. The SMILES string of the molecule is CCc1cccc(OCCC[C@H](N)CS)c1. The third-order valence-electron chi connectivity index (χ3n) is 2.53. The molecule has 0 heterocycles. The minimum atomic E-state index is 0.189. The first-order valence-corrected chi connectivity index (χ1v) is 6.47. The predicted molar refractivity (Wildman–Crippen MR) is 72.4 cm³/mol. The van der Waals surface area contributed by atoms with Crippen molar-refractivity contribution < 1.29 is 4.74 Å². The number of thiol groups is 1. The van der Waals surface area contributed by atoms with Gasteiger partial charge >= 0.3 is 0 Å². The van der Waals surface area contributed by atoms with Crippen LogP contribution in [0.15, 0.2) is 24.3 Å². The molecule has 0 aliphatic rings. The van der Waals surface area contributed by atoms with Crippen molar-refractivity contribution in [1.82, 2.24) is 0 Å². The highest BCUT2D eigenvalue weighted by Gasteiger charge is 2.00. The molecular formula is C13H21NOS. The summed E-state index contributed by atoms with van der Waals surface area (Å²) in [6.45, 7) is 2.87. The summed E-state index contributed by atoms with van der Waals surface area (Å²) in [5.74, 6) is 1.70. The molecule has 0 radical (unpaired) electrons. The van der Waals surface area contributed by atoms with Crippen LogP contribution in [-0.4, -0.2) is 18.4 Å². The Balaban J connectivity index is 2.26. The predicted octanol–water partition coefficient (Wildman–Crippen LogP) is 2.67. The standard InChI is InChI=1S/C13H21NOS/c1-2-11-5-3-7-13(9-11)15-8-4-6-12(14)10-16/h3,5,7,9,12,16H,2,4,6,8,10,14H2,1H3/t12-/m0/s1. The van der Waals surface area contributed by atoms with Gasteiger partial charge in [-0.05, 0) is 37.0 Å². The van der Waals surface area contributed by atoms with E-state index < -0.39 is 0 Å². The zero-order valence-electron chi connectivity index (χ0n) is 9.86. The van der Waals surface area contributed by atoms with E-state index in [4.69, 9.17) is 10.5 Å². The maximum Gasteiger partial charge on any atom is 0.119 e. The van der Waals surface area contributed by atoms with Crippen LogP contribution < -0.4 is 10.5 Å². The van der Waals surface area contributed by atoms with E-state index in [2.05, 4.69) is 31.7 Å². The highest BCUT2D eigenvalue weighted by atomic mass is 32.1. The molecule has 2 nitrogen and oxygen atoms in total. The third-order valence-corrected chi connectivity index (χ3v) is 3.00. The van der Waals surface area contributed by atoms with Gasteiger partial charge in [0.2, 0.25) is 0 Å². The average molecular weight is 239 g/mol. The van der Waals surface area contributed by atoms with Gasteiger partial charge in [-0.15, -0.1) is 0 Å². The van der Waals surface area contributed by atoms with E-state index in [0.717, 1.165) is 37.4 Å². The molecule has 0 spiro atoms. The number of ether oxygens (including phenoxy) is 1. The second-order valence-electron chi connectivity index (χ2n) is 3.93. The second-order valence-corrected chi connectivity index (χ2v) is 4.30. The number of benzene rings is 1. The van der Waals surface area contributed by atoms with Gasteiger partial charge in [-0.2, -0.15) is 12.6 Å². The smallest absolute Gasteiger partial charge is 0.119 e. The molecule has 1 rings (SSSR count). The van der Waals surface area contributed by atoms with Crippen LogP contribution in [0.4, 0.5) is 0 Å². The van der Waals surface area contributed by atoms with Crippen LogP contribution in [0.3, 0.4) is 0 Å². The van der Waals surface area contributed by atoms with Gasteiger partial charge in [-0.25, -0.2) is 0 Å². The maximum absolute atomic E-state index is 5.77. The summed E-state index contributed by atoms with van der Waals surface area (Å²) >= 11 is 4.15. The molecule has 0 saturated carbocycles. The van der Waals surface area contributed by atoms with Crippen LogP contribution in [0.5, 0.6) is 5.75 Å². The fraction of sp³-hybridized carbons (Fsp3) is 0.538. The van der Waals surface area contributed by atoms with Gasteiger partial charge < -0.3 is 10.5 Å². The van der Waals surface area contributed by atoms with Gasteiger partial charge in [0, 0.05) is 11.8 Å². The topological polar surface area (TPSA) is 35.2 Å². The van der Waals surface area contributed by atoms with Gasteiger partial charge in [0.25, 0.3) is 0 Å². The Kier molecular flexibility index (Phi) is 6.34. The molecule has 1 atom stereocenters. The van der Waals surface area contributed by atoms with Crippen molar-refractivity contribution in [1.29, 1.82) is 0 Å². The van der Waals surface area contributed by atoms with Crippen LogP contribution in [0.25, 0.3) is 0 Å². The normalized spacial score (nSPS) is 12.4. The van der Waals surface area contributed by atoms with Gasteiger partial charge in [-0.1, -0.05) is 19.1 Å². The average Bonchev–Trinajstić information content (AvgIpc) is 2.34. The van der Waals surface area contributed by atoms with E-state index in [0.29, 0.717) is 0 Å². The van der Waals surface area contributed by atoms with E-state index in [1.54, 1.807) is 0 Å².